The van der Waals surface area contributed by atoms with E-state index in [9.17, 15) is 4.79 Å². The Balaban J connectivity index is 3.85. The summed E-state index contributed by atoms with van der Waals surface area (Å²) in [5, 5.41) is 17.3. The van der Waals surface area contributed by atoms with E-state index < -0.39 is 5.97 Å². The summed E-state index contributed by atoms with van der Waals surface area (Å²) in [5.41, 5.74) is 0. The van der Waals surface area contributed by atoms with E-state index in [1.165, 1.54) is 0 Å². The fraction of sp³-hybridized carbons (Fsp3) is 0.625. The number of aliphatic hydroxyl groups excluding tert-OH is 1. The van der Waals surface area contributed by atoms with Gasteiger partial charge >= 0.3 is 5.97 Å². The van der Waals surface area contributed by atoms with Crippen LogP contribution in [0.1, 0.15) is 13.3 Å². The maximum absolute atomic E-state index is 10.3. The lowest BCUT2D eigenvalue weighted by Gasteiger charge is -2.17. The monoisotopic (exact) mass is 173 g/mol. The second-order valence-electron chi connectivity index (χ2n) is 2.67. The Kier molecular flexibility index (Phi) is 5.12. The molecule has 0 unspecified atom stereocenters. The Morgan fingerprint density at radius 2 is 2.00 bits per heavy atom. The van der Waals surface area contributed by atoms with Crippen molar-refractivity contribution in [3.05, 3.63) is 12.3 Å². The van der Waals surface area contributed by atoms with Gasteiger partial charge in [-0.3, -0.25) is 9.69 Å². The van der Waals surface area contributed by atoms with E-state index >= 15 is 0 Å². The summed E-state index contributed by atoms with van der Waals surface area (Å²) >= 11 is 0. The van der Waals surface area contributed by atoms with Crippen LogP contribution in [0.25, 0.3) is 0 Å². The number of carbonyl (C=O) groups is 1. The molecule has 0 amide bonds. The van der Waals surface area contributed by atoms with E-state index in [4.69, 9.17) is 10.2 Å². The molecule has 0 bridgehead atoms. The zero-order chi connectivity index (χ0) is 9.56. The average molecular weight is 173 g/mol. The van der Waals surface area contributed by atoms with Gasteiger partial charge in [0.1, 0.15) is 0 Å². The molecule has 0 aliphatic heterocycles. The molecule has 0 atom stereocenters. The second kappa shape index (κ2) is 5.60. The molecule has 0 radical (unpaired) electrons. The summed E-state index contributed by atoms with van der Waals surface area (Å²) in [4.78, 5) is 11.9. The summed E-state index contributed by atoms with van der Waals surface area (Å²) in [6.45, 7) is 6.11. The molecule has 0 aliphatic rings. The molecular formula is C8H15NO3. The third-order valence-electron chi connectivity index (χ3n) is 1.30. The summed E-state index contributed by atoms with van der Waals surface area (Å²) < 4.78 is 0. The number of aliphatic hydroxyl groups is 1. The molecule has 0 saturated heterocycles. The van der Waals surface area contributed by atoms with Crippen LogP contribution in [0.2, 0.25) is 0 Å². The Labute approximate surface area is 72.1 Å². The van der Waals surface area contributed by atoms with Crippen molar-refractivity contribution in [3.8, 4) is 0 Å². The quantitative estimate of drug-likeness (QED) is 0.585. The lowest BCUT2D eigenvalue weighted by atomic mass is 10.3. The van der Waals surface area contributed by atoms with Crippen LogP contribution in [0.3, 0.4) is 0 Å². The molecule has 2 N–H and O–H groups in total. The van der Waals surface area contributed by atoms with Crippen molar-refractivity contribution in [3.63, 3.8) is 0 Å². The van der Waals surface area contributed by atoms with Gasteiger partial charge in [-0.1, -0.05) is 13.5 Å². The van der Waals surface area contributed by atoms with Crippen LogP contribution in [-0.2, 0) is 4.79 Å². The van der Waals surface area contributed by atoms with Gasteiger partial charge in [-0.25, -0.2) is 0 Å². The van der Waals surface area contributed by atoms with Crippen molar-refractivity contribution >= 4 is 5.97 Å². The topological polar surface area (TPSA) is 60.8 Å². The predicted octanol–water partition coefficient (Wildman–Crippen LogP) is 0.855. The zero-order valence-corrected chi connectivity index (χ0v) is 7.29. The highest BCUT2D eigenvalue weighted by Gasteiger charge is 2.08. The van der Waals surface area contributed by atoms with E-state index in [2.05, 4.69) is 6.58 Å². The molecule has 0 aromatic rings. The Hall–Kier alpha value is -1.03. The third-order valence-corrected chi connectivity index (χ3v) is 1.30. The number of hydrogen-bond acceptors (Lipinski definition) is 3. The van der Waals surface area contributed by atoms with Gasteiger partial charge in [0, 0.05) is 0 Å². The summed E-state index contributed by atoms with van der Waals surface area (Å²) in [6.07, 6.45) is 0.862. The normalized spacial score (nSPS) is 10.2. The number of carboxylic acid groups (broad SMARTS) is 1. The Bertz CT molecular complexity index is 152. The lowest BCUT2D eigenvalue weighted by molar-refractivity contribution is -0.138. The minimum atomic E-state index is -0.885. The number of nitrogens with zero attached hydrogens (tertiary/aromatic N) is 1. The number of hydrogen-bond donors (Lipinski definition) is 2. The highest BCUT2D eigenvalue weighted by Crippen LogP contribution is 1.95. The Morgan fingerprint density at radius 1 is 1.42 bits per heavy atom. The third kappa shape index (κ3) is 5.73. The minimum Gasteiger partial charge on any atom is -0.512 e. The molecule has 0 saturated carbocycles. The van der Waals surface area contributed by atoms with Crippen LogP contribution in [0, 0.1) is 0 Å². The van der Waals surface area contributed by atoms with Gasteiger partial charge in [-0.05, 0) is 13.0 Å². The molecule has 12 heavy (non-hydrogen) atoms. The number of aliphatic carboxylic acids is 1. The van der Waals surface area contributed by atoms with Crippen LogP contribution >= 0.6 is 0 Å². The van der Waals surface area contributed by atoms with E-state index in [-0.39, 0.29) is 18.8 Å². The molecule has 0 fully saturated rings. The number of carboxylic acids is 1. The van der Waals surface area contributed by atoms with Gasteiger partial charge in [0.2, 0.25) is 0 Å². The largest absolute Gasteiger partial charge is 0.512 e. The van der Waals surface area contributed by atoms with Crippen molar-refractivity contribution in [2.24, 2.45) is 0 Å². The first-order valence-corrected chi connectivity index (χ1v) is 3.87. The van der Waals surface area contributed by atoms with Gasteiger partial charge in [-0.15, -0.1) is 0 Å². The zero-order valence-electron chi connectivity index (χ0n) is 7.29. The first-order valence-electron chi connectivity index (χ1n) is 3.87. The fourth-order valence-corrected chi connectivity index (χ4v) is 0.980. The first-order chi connectivity index (χ1) is 5.56. The van der Waals surface area contributed by atoms with Gasteiger partial charge in [0.15, 0.2) is 0 Å². The van der Waals surface area contributed by atoms with Gasteiger partial charge in [0.25, 0.3) is 0 Å². The van der Waals surface area contributed by atoms with Crippen LogP contribution in [0.15, 0.2) is 12.3 Å². The van der Waals surface area contributed by atoms with E-state index in [0.29, 0.717) is 6.54 Å². The Morgan fingerprint density at radius 3 is 2.33 bits per heavy atom. The van der Waals surface area contributed by atoms with Crippen LogP contribution in [0.4, 0.5) is 0 Å². The molecule has 0 aromatic carbocycles. The number of rotatable bonds is 6. The first kappa shape index (κ1) is 11.0. The van der Waals surface area contributed by atoms with Crippen LogP contribution < -0.4 is 0 Å². The molecule has 0 aromatic heterocycles. The smallest absolute Gasteiger partial charge is 0.317 e. The highest BCUT2D eigenvalue weighted by molar-refractivity contribution is 5.69. The molecule has 70 valence electrons. The molecule has 0 rings (SSSR count). The molecular weight excluding hydrogens is 158 g/mol. The molecule has 0 spiro atoms. The second-order valence-corrected chi connectivity index (χ2v) is 2.67. The van der Waals surface area contributed by atoms with Crippen LogP contribution in [-0.4, -0.2) is 40.7 Å². The van der Waals surface area contributed by atoms with Crippen molar-refractivity contribution < 1.29 is 15.0 Å². The van der Waals surface area contributed by atoms with Crippen molar-refractivity contribution in [1.82, 2.24) is 4.90 Å². The average Bonchev–Trinajstić information content (AvgIpc) is 1.84. The van der Waals surface area contributed by atoms with E-state index in [0.717, 1.165) is 6.42 Å². The maximum Gasteiger partial charge on any atom is 0.317 e. The summed E-state index contributed by atoms with van der Waals surface area (Å²) in [5.74, 6) is -0.880. The summed E-state index contributed by atoms with van der Waals surface area (Å²) in [7, 11) is 0. The maximum atomic E-state index is 10.3. The van der Waals surface area contributed by atoms with Crippen molar-refractivity contribution in [1.29, 1.82) is 0 Å². The predicted molar refractivity (Wildman–Crippen MR) is 46.1 cm³/mol. The van der Waals surface area contributed by atoms with Gasteiger partial charge in [0.05, 0.1) is 18.8 Å². The van der Waals surface area contributed by atoms with Crippen molar-refractivity contribution in [2.75, 3.05) is 19.6 Å². The highest BCUT2D eigenvalue weighted by atomic mass is 16.4. The van der Waals surface area contributed by atoms with Crippen molar-refractivity contribution in [2.45, 2.75) is 13.3 Å². The van der Waals surface area contributed by atoms with Gasteiger partial charge in [-0.2, -0.15) is 0 Å². The fourth-order valence-electron chi connectivity index (χ4n) is 0.980. The SMILES string of the molecule is C=C(O)CN(CCC)CC(=O)O. The minimum absolute atomic E-state index is 0.00435. The molecule has 4 heteroatoms. The van der Waals surface area contributed by atoms with E-state index in [1.54, 1.807) is 4.90 Å². The molecule has 0 aliphatic carbocycles. The molecule has 0 heterocycles. The molecule has 4 nitrogen and oxygen atoms in total. The van der Waals surface area contributed by atoms with E-state index in [1.807, 2.05) is 6.92 Å². The van der Waals surface area contributed by atoms with Crippen LogP contribution in [0.5, 0.6) is 0 Å². The summed E-state index contributed by atoms with van der Waals surface area (Å²) in [6, 6.07) is 0. The van der Waals surface area contributed by atoms with Gasteiger partial charge < -0.3 is 10.2 Å². The lowest BCUT2D eigenvalue weighted by Crippen LogP contribution is -2.32. The standard InChI is InChI=1S/C8H15NO3/c1-3-4-9(5-7(2)10)6-8(11)12/h10H,2-6H2,1H3,(H,11,12).